The Balaban J connectivity index is 1.30. The van der Waals surface area contributed by atoms with Gasteiger partial charge in [-0.15, -0.1) is 13.2 Å². The largest absolute Gasteiger partial charge is 0.454 e. The van der Waals surface area contributed by atoms with Crippen LogP contribution < -0.4 is 10.6 Å². The summed E-state index contributed by atoms with van der Waals surface area (Å²) in [6.45, 7) is 7.75. The summed E-state index contributed by atoms with van der Waals surface area (Å²) in [5.41, 5.74) is 5.78. The lowest BCUT2D eigenvalue weighted by atomic mass is 9.97. The number of aliphatic hydroxyl groups is 1. The quantitative estimate of drug-likeness (QED) is 0.0578. The number of carbonyl (C=O) groups excluding carboxylic acids is 4. The number of nitrogens with one attached hydrogen (secondary N) is 2. The summed E-state index contributed by atoms with van der Waals surface area (Å²) in [6, 6.07) is 32.4. The van der Waals surface area contributed by atoms with Gasteiger partial charge in [0.05, 0.1) is 25.2 Å². The predicted octanol–water partition coefficient (Wildman–Crippen LogP) is 6.88. The number of nitrogens with zero attached hydrogens (tertiary/aromatic N) is 1. The lowest BCUT2D eigenvalue weighted by Gasteiger charge is -2.31. The summed E-state index contributed by atoms with van der Waals surface area (Å²) in [4.78, 5) is 56.5. The number of fused-ring (bicyclic) bond motifs is 3. The van der Waals surface area contributed by atoms with Crippen LogP contribution in [0.5, 0.6) is 0 Å². The van der Waals surface area contributed by atoms with Gasteiger partial charge in [0, 0.05) is 32.5 Å². The zero-order valence-corrected chi connectivity index (χ0v) is 33.0. The van der Waals surface area contributed by atoms with Crippen molar-refractivity contribution in [2.75, 3.05) is 33.5 Å². The van der Waals surface area contributed by atoms with Gasteiger partial charge in [-0.05, 0) is 52.6 Å². The van der Waals surface area contributed by atoms with Gasteiger partial charge in [-0.1, -0.05) is 121 Å². The number of carbonyl (C=O) groups is 4. The summed E-state index contributed by atoms with van der Waals surface area (Å²) in [5.74, 6) is -2.49. The summed E-state index contributed by atoms with van der Waals surface area (Å²) in [7, 11) is 1.47. The molecular formula is C47H53N3O8. The first-order valence-electron chi connectivity index (χ1n) is 19.6. The van der Waals surface area contributed by atoms with Gasteiger partial charge in [0.1, 0.15) is 18.8 Å². The Morgan fingerprint density at radius 3 is 2.05 bits per heavy atom. The molecule has 11 heteroatoms. The van der Waals surface area contributed by atoms with E-state index in [-0.39, 0.29) is 64.0 Å². The van der Waals surface area contributed by atoms with Crippen LogP contribution in [0.1, 0.15) is 60.0 Å². The number of methoxy groups -OCH3 is 1. The Morgan fingerprint density at radius 2 is 1.45 bits per heavy atom. The van der Waals surface area contributed by atoms with Crippen LogP contribution in [0.4, 0.5) is 4.79 Å². The number of benzene rings is 4. The van der Waals surface area contributed by atoms with Crippen molar-refractivity contribution in [3.63, 3.8) is 0 Å². The van der Waals surface area contributed by atoms with Crippen LogP contribution in [0.25, 0.3) is 11.1 Å². The van der Waals surface area contributed by atoms with E-state index in [0.717, 1.165) is 27.8 Å². The molecule has 0 radical (unpaired) electrons. The van der Waals surface area contributed by atoms with Crippen molar-refractivity contribution in [2.24, 2.45) is 5.92 Å². The zero-order valence-electron chi connectivity index (χ0n) is 33.0. The number of alkyl carbamates (subject to hydrolysis) is 1. The Hall–Kier alpha value is -6.04. The third kappa shape index (κ3) is 11.5. The predicted molar refractivity (Wildman–Crippen MR) is 222 cm³/mol. The van der Waals surface area contributed by atoms with Crippen LogP contribution in [0, 0.1) is 5.92 Å². The fourth-order valence-electron chi connectivity index (χ4n) is 7.27. The topological polar surface area (TPSA) is 144 Å². The van der Waals surface area contributed by atoms with E-state index in [2.05, 4.69) is 35.9 Å². The highest BCUT2D eigenvalue weighted by molar-refractivity contribution is 5.86. The van der Waals surface area contributed by atoms with Crippen LogP contribution in [0.2, 0.25) is 0 Å². The molecule has 4 aromatic carbocycles. The molecule has 1 aliphatic carbocycles. The van der Waals surface area contributed by atoms with E-state index >= 15 is 0 Å². The Kier molecular flexibility index (Phi) is 16.4. The molecule has 0 spiro atoms. The molecule has 3 N–H and O–H groups in total. The van der Waals surface area contributed by atoms with E-state index in [0.29, 0.717) is 12.0 Å². The first-order valence-corrected chi connectivity index (χ1v) is 19.6. The first kappa shape index (κ1) is 43.1. The first-order chi connectivity index (χ1) is 28.3. The molecule has 4 aromatic rings. The van der Waals surface area contributed by atoms with Crippen molar-refractivity contribution in [3.05, 3.63) is 157 Å². The standard InChI is InChI=1S/C47H53N3O8/c1-4-6-26-41(49-47(55)57-31-40-38-24-15-13-22-36(38)37-23-14-16-25-39(37)40)46(54)58-44(34-20-11-8-12-21-34)42(32-56-3)48-45(53)35(17-5-2)29-43(52)50(27-28-51)30-33-18-9-7-10-19-33/h4-5,7-16,18-25,35,40-42,44,51H,1-2,6,17,26-32H2,3H3,(H,48,53)(H,49,55). The maximum atomic E-state index is 14.1. The van der Waals surface area contributed by atoms with Gasteiger partial charge in [-0.25, -0.2) is 9.59 Å². The maximum absolute atomic E-state index is 14.1. The van der Waals surface area contributed by atoms with Crippen molar-refractivity contribution in [2.45, 2.75) is 56.3 Å². The molecule has 5 rings (SSSR count). The molecule has 11 nitrogen and oxygen atoms in total. The lowest BCUT2D eigenvalue weighted by molar-refractivity contribution is -0.155. The third-order valence-electron chi connectivity index (χ3n) is 10.2. The van der Waals surface area contributed by atoms with Gasteiger partial charge >= 0.3 is 12.1 Å². The number of aliphatic hydroxyl groups excluding tert-OH is 1. The number of allylic oxidation sites excluding steroid dienone is 2. The van der Waals surface area contributed by atoms with Gasteiger partial charge < -0.3 is 34.9 Å². The Bertz CT molecular complexity index is 1940. The Morgan fingerprint density at radius 1 is 0.828 bits per heavy atom. The fraction of sp³-hybridized carbons (Fsp3) is 0.319. The van der Waals surface area contributed by atoms with Gasteiger partial charge in [0.15, 0.2) is 0 Å². The number of hydrogen-bond donors (Lipinski definition) is 3. The molecule has 4 unspecified atom stereocenters. The number of amides is 3. The van der Waals surface area contributed by atoms with Crippen LogP contribution in [-0.2, 0) is 35.1 Å². The van der Waals surface area contributed by atoms with Gasteiger partial charge in [-0.3, -0.25) is 9.59 Å². The van der Waals surface area contributed by atoms with E-state index in [9.17, 15) is 24.3 Å². The molecule has 0 saturated carbocycles. The molecule has 304 valence electrons. The molecule has 58 heavy (non-hydrogen) atoms. The van der Waals surface area contributed by atoms with E-state index in [1.165, 1.54) is 12.0 Å². The second-order valence-electron chi connectivity index (χ2n) is 14.2. The van der Waals surface area contributed by atoms with E-state index in [1.807, 2.05) is 72.8 Å². The lowest BCUT2D eigenvalue weighted by Crippen LogP contribution is -2.49. The van der Waals surface area contributed by atoms with Crippen molar-refractivity contribution in [1.82, 2.24) is 15.5 Å². The summed E-state index contributed by atoms with van der Waals surface area (Å²) in [5, 5.41) is 15.4. The fourth-order valence-corrected chi connectivity index (χ4v) is 7.27. The summed E-state index contributed by atoms with van der Waals surface area (Å²) >= 11 is 0. The maximum Gasteiger partial charge on any atom is 0.407 e. The minimum atomic E-state index is -1.10. The van der Waals surface area contributed by atoms with Gasteiger partial charge in [-0.2, -0.15) is 0 Å². The highest BCUT2D eigenvalue weighted by Crippen LogP contribution is 2.44. The molecule has 0 aliphatic heterocycles. The molecule has 0 bridgehead atoms. The number of hydrogen-bond acceptors (Lipinski definition) is 8. The van der Waals surface area contributed by atoms with Crippen LogP contribution in [0.3, 0.4) is 0 Å². The molecule has 0 aromatic heterocycles. The van der Waals surface area contributed by atoms with Crippen molar-refractivity contribution < 1.29 is 38.5 Å². The zero-order chi connectivity index (χ0) is 41.3. The number of ether oxygens (including phenoxy) is 3. The van der Waals surface area contributed by atoms with E-state index < -0.39 is 42.1 Å². The number of esters is 1. The van der Waals surface area contributed by atoms with Crippen molar-refractivity contribution >= 4 is 23.9 Å². The van der Waals surface area contributed by atoms with Gasteiger partial charge in [0.25, 0.3) is 0 Å². The molecular weight excluding hydrogens is 735 g/mol. The average Bonchev–Trinajstić information content (AvgIpc) is 3.57. The monoisotopic (exact) mass is 787 g/mol. The molecule has 0 saturated heterocycles. The van der Waals surface area contributed by atoms with Crippen LogP contribution >= 0.6 is 0 Å². The third-order valence-corrected chi connectivity index (χ3v) is 10.2. The second kappa shape index (κ2) is 22.0. The highest BCUT2D eigenvalue weighted by atomic mass is 16.6. The minimum absolute atomic E-state index is 0.0465. The SMILES string of the molecule is C=CCCC(NC(=O)OCC1c2ccccc2-c2ccccc21)C(=O)OC(c1ccccc1)C(COC)NC(=O)C(CC=C)CC(=O)N(CCO)Cc1ccccc1. The molecule has 0 heterocycles. The smallest absolute Gasteiger partial charge is 0.407 e. The van der Waals surface area contributed by atoms with Crippen molar-refractivity contribution in [1.29, 1.82) is 0 Å². The van der Waals surface area contributed by atoms with Crippen LogP contribution in [-0.4, -0.2) is 79.4 Å². The van der Waals surface area contributed by atoms with Crippen molar-refractivity contribution in [3.8, 4) is 11.1 Å². The van der Waals surface area contributed by atoms with E-state index in [4.69, 9.17) is 14.2 Å². The Labute approximate surface area is 340 Å². The molecule has 0 fully saturated rings. The summed E-state index contributed by atoms with van der Waals surface area (Å²) < 4.78 is 17.5. The van der Waals surface area contributed by atoms with Gasteiger partial charge in [0.2, 0.25) is 11.8 Å². The number of rotatable bonds is 22. The average molecular weight is 788 g/mol. The second-order valence-corrected chi connectivity index (χ2v) is 14.2. The molecule has 3 amide bonds. The molecule has 4 atom stereocenters. The van der Waals surface area contributed by atoms with Crippen LogP contribution in [0.15, 0.2) is 135 Å². The normalized spacial score (nSPS) is 13.8. The minimum Gasteiger partial charge on any atom is -0.454 e. The highest BCUT2D eigenvalue weighted by Gasteiger charge is 2.35. The van der Waals surface area contributed by atoms with E-state index in [1.54, 1.807) is 36.4 Å². The molecule has 1 aliphatic rings. The summed E-state index contributed by atoms with van der Waals surface area (Å²) in [6.07, 6.45) is 2.03.